The molecule has 0 bridgehead atoms. The molecule has 1 N–H and O–H groups in total. The number of nitrogens with zero attached hydrogens (tertiary/aromatic N) is 2. The van der Waals surface area contributed by atoms with Crippen LogP contribution in [-0.4, -0.2) is 26.8 Å². The second kappa shape index (κ2) is 7.54. The van der Waals surface area contributed by atoms with Crippen molar-refractivity contribution < 1.29 is 13.6 Å². The zero-order valence-corrected chi connectivity index (χ0v) is 17.2. The van der Waals surface area contributed by atoms with Crippen LogP contribution >= 0.6 is 27.7 Å². The van der Waals surface area contributed by atoms with Crippen LogP contribution in [0.15, 0.2) is 27.9 Å². The lowest BCUT2D eigenvalue weighted by atomic mass is 9.85. The smallest absolute Gasteiger partial charge is 0.296 e. The summed E-state index contributed by atoms with van der Waals surface area (Å²) in [7, 11) is 0. The molecule has 1 aromatic heterocycles. The van der Waals surface area contributed by atoms with Crippen molar-refractivity contribution in [2.75, 3.05) is 0 Å². The molecule has 26 heavy (non-hydrogen) atoms. The van der Waals surface area contributed by atoms with E-state index in [9.17, 15) is 4.79 Å². The molecule has 0 saturated heterocycles. The van der Waals surface area contributed by atoms with E-state index < -0.39 is 16.6 Å². The minimum atomic E-state index is -3.37. The fourth-order valence-corrected chi connectivity index (χ4v) is 5.04. The third-order valence-corrected chi connectivity index (χ3v) is 6.98. The van der Waals surface area contributed by atoms with Gasteiger partial charge in [-0.25, -0.2) is 4.98 Å². The first-order chi connectivity index (χ1) is 12.2. The fourth-order valence-electron chi connectivity index (χ4n) is 3.54. The van der Waals surface area contributed by atoms with Crippen molar-refractivity contribution in [3.63, 3.8) is 0 Å². The number of aliphatic imine (C=N–C) groups is 1. The van der Waals surface area contributed by atoms with Crippen LogP contribution in [-0.2, 0) is 10.7 Å². The number of pyridine rings is 1. The lowest BCUT2D eigenvalue weighted by Gasteiger charge is -2.32. The van der Waals surface area contributed by atoms with E-state index in [-0.39, 0.29) is 11.6 Å². The molecule has 2 heterocycles. The molecule has 2 atom stereocenters. The van der Waals surface area contributed by atoms with Gasteiger partial charge in [-0.3, -0.25) is 4.79 Å². The molecule has 4 nitrogen and oxygen atoms in total. The van der Waals surface area contributed by atoms with Crippen molar-refractivity contribution >= 4 is 38.8 Å². The lowest BCUT2D eigenvalue weighted by Crippen LogP contribution is -2.45. The number of hydrogen-bond acceptors (Lipinski definition) is 4. The number of aromatic nitrogens is 1. The van der Waals surface area contributed by atoms with Gasteiger partial charge in [-0.15, -0.1) is 0 Å². The Balaban J connectivity index is 1.75. The topological polar surface area (TPSA) is 54.4 Å². The number of amidine groups is 1. The Morgan fingerprint density at radius 1 is 1.38 bits per heavy atom. The van der Waals surface area contributed by atoms with Gasteiger partial charge < -0.3 is 5.32 Å². The number of carbonyl (C=O) groups is 1. The van der Waals surface area contributed by atoms with Gasteiger partial charge in [0.25, 0.3) is 11.8 Å². The summed E-state index contributed by atoms with van der Waals surface area (Å²) in [6, 6.07) is 2.59. The monoisotopic (exact) mass is 445 g/mol. The van der Waals surface area contributed by atoms with Gasteiger partial charge >= 0.3 is 0 Å². The maximum absolute atomic E-state index is 15.1. The van der Waals surface area contributed by atoms with Gasteiger partial charge in [-0.05, 0) is 60.7 Å². The first-order valence-corrected chi connectivity index (χ1v) is 10.4. The van der Waals surface area contributed by atoms with Gasteiger partial charge in [0.15, 0.2) is 9.91 Å². The molecule has 1 saturated carbocycles. The molecule has 142 valence electrons. The molecule has 1 aliphatic carbocycles. The first kappa shape index (κ1) is 19.7. The van der Waals surface area contributed by atoms with E-state index in [1.54, 1.807) is 0 Å². The quantitative estimate of drug-likeness (QED) is 0.670. The van der Waals surface area contributed by atoms with Crippen LogP contribution in [0.1, 0.15) is 51.5 Å². The van der Waals surface area contributed by atoms with E-state index in [1.807, 2.05) is 6.92 Å². The van der Waals surface area contributed by atoms with Gasteiger partial charge in [0, 0.05) is 17.8 Å². The Kier molecular flexibility index (Phi) is 5.72. The molecule has 1 aliphatic heterocycles. The summed E-state index contributed by atoms with van der Waals surface area (Å²) < 4.78 is 28.6. The normalized spacial score (nSPS) is 25.9. The SMILES string of the molecule is C[C@H](NC1=NC(=O)C(C)(C(F)(F)c2ccnc(Br)c2)S1)C1CCCCC1. The molecule has 1 fully saturated rings. The van der Waals surface area contributed by atoms with Crippen LogP contribution in [0.5, 0.6) is 0 Å². The third kappa shape index (κ3) is 3.67. The number of rotatable bonds is 4. The van der Waals surface area contributed by atoms with Gasteiger partial charge in [0.05, 0.1) is 0 Å². The van der Waals surface area contributed by atoms with E-state index in [0.717, 1.165) is 24.6 Å². The highest BCUT2D eigenvalue weighted by Crippen LogP contribution is 2.51. The van der Waals surface area contributed by atoms with Crippen molar-refractivity contribution in [3.8, 4) is 0 Å². The van der Waals surface area contributed by atoms with E-state index in [4.69, 9.17) is 0 Å². The second-order valence-electron chi connectivity index (χ2n) is 7.13. The molecule has 2 aliphatic rings. The molecule has 0 radical (unpaired) electrons. The van der Waals surface area contributed by atoms with E-state index in [2.05, 4.69) is 31.2 Å². The van der Waals surface area contributed by atoms with E-state index in [1.165, 1.54) is 44.5 Å². The van der Waals surface area contributed by atoms with Crippen molar-refractivity contribution in [2.24, 2.45) is 10.9 Å². The van der Waals surface area contributed by atoms with Gasteiger partial charge in [0.2, 0.25) is 0 Å². The largest absolute Gasteiger partial charge is 0.362 e. The first-order valence-electron chi connectivity index (χ1n) is 8.82. The standard InChI is InChI=1S/C18H22BrF2N3OS/c1-11(12-6-4-3-5-7-12)23-16-24-15(25)17(2,26-16)18(20,21)13-8-9-22-14(19)10-13/h8-12H,3-7H2,1-2H3,(H,23,24,25)/t11-,17?/m0/s1. The summed E-state index contributed by atoms with van der Waals surface area (Å²) in [6.45, 7) is 3.30. The highest BCUT2D eigenvalue weighted by Gasteiger charge is 2.61. The number of amides is 1. The minimum Gasteiger partial charge on any atom is -0.362 e. The average Bonchev–Trinajstić information content (AvgIpc) is 2.91. The summed E-state index contributed by atoms with van der Waals surface area (Å²) >= 11 is 3.93. The van der Waals surface area contributed by atoms with Crippen LogP contribution in [0.4, 0.5) is 8.78 Å². The zero-order valence-electron chi connectivity index (χ0n) is 14.8. The molecule has 1 unspecified atom stereocenters. The van der Waals surface area contributed by atoms with Gasteiger partial charge in [0.1, 0.15) is 4.60 Å². The predicted octanol–water partition coefficient (Wildman–Crippen LogP) is 4.88. The number of alkyl halides is 2. The van der Waals surface area contributed by atoms with Crippen molar-refractivity contribution in [1.82, 2.24) is 10.3 Å². The molecule has 3 rings (SSSR count). The number of carbonyl (C=O) groups excluding carboxylic acids is 1. The third-order valence-electron chi connectivity index (χ3n) is 5.31. The summed E-state index contributed by atoms with van der Waals surface area (Å²) in [5.74, 6) is -3.69. The molecule has 1 aromatic rings. The van der Waals surface area contributed by atoms with Crippen molar-refractivity contribution in [3.05, 3.63) is 28.5 Å². The maximum atomic E-state index is 15.1. The van der Waals surface area contributed by atoms with Gasteiger partial charge in [-0.1, -0.05) is 31.0 Å². The summed E-state index contributed by atoms with van der Waals surface area (Å²) in [6.07, 6.45) is 7.19. The van der Waals surface area contributed by atoms with Gasteiger partial charge in [-0.2, -0.15) is 13.8 Å². The molecule has 0 aromatic carbocycles. The van der Waals surface area contributed by atoms with E-state index in [0.29, 0.717) is 15.7 Å². The highest BCUT2D eigenvalue weighted by molar-refractivity contribution is 9.10. The van der Waals surface area contributed by atoms with Crippen LogP contribution in [0.3, 0.4) is 0 Å². The van der Waals surface area contributed by atoms with Crippen molar-refractivity contribution in [1.29, 1.82) is 0 Å². The minimum absolute atomic E-state index is 0.111. The Labute approximate surface area is 164 Å². The Hall–Kier alpha value is -1.02. The molecule has 1 amide bonds. The van der Waals surface area contributed by atoms with Crippen LogP contribution < -0.4 is 5.32 Å². The summed E-state index contributed by atoms with van der Waals surface area (Å²) in [4.78, 5) is 20.2. The predicted molar refractivity (Wildman–Crippen MR) is 103 cm³/mol. The fraction of sp³-hybridized carbons (Fsp3) is 0.611. The van der Waals surface area contributed by atoms with Crippen LogP contribution in [0.2, 0.25) is 0 Å². The van der Waals surface area contributed by atoms with E-state index >= 15 is 8.78 Å². The number of nitrogens with one attached hydrogen (secondary N) is 1. The number of hydrogen-bond donors (Lipinski definition) is 1. The van der Waals surface area contributed by atoms with Crippen LogP contribution in [0.25, 0.3) is 0 Å². The number of thioether (sulfide) groups is 1. The van der Waals surface area contributed by atoms with Crippen LogP contribution in [0, 0.1) is 5.92 Å². The Bertz CT molecular complexity index is 724. The zero-order chi connectivity index (χ0) is 18.9. The highest BCUT2D eigenvalue weighted by atomic mass is 79.9. The maximum Gasteiger partial charge on any atom is 0.296 e. The lowest BCUT2D eigenvalue weighted by molar-refractivity contribution is -0.130. The Morgan fingerprint density at radius 3 is 2.73 bits per heavy atom. The average molecular weight is 446 g/mol. The second-order valence-corrected chi connectivity index (χ2v) is 9.35. The molecule has 0 spiro atoms. The Morgan fingerprint density at radius 2 is 2.08 bits per heavy atom. The summed E-state index contributed by atoms with van der Waals surface area (Å²) in [5.41, 5.74) is -0.250. The summed E-state index contributed by atoms with van der Waals surface area (Å²) in [5, 5.41) is 3.50. The number of halogens is 3. The molecular weight excluding hydrogens is 424 g/mol. The van der Waals surface area contributed by atoms with Crippen molar-refractivity contribution in [2.45, 2.75) is 62.7 Å². The molecule has 8 heteroatoms. The molecular formula is C18H22BrF2N3OS.